The number of fused-ring (bicyclic) bond motifs is 2. The van der Waals surface area contributed by atoms with E-state index >= 15 is 0 Å². The third-order valence-electron chi connectivity index (χ3n) is 3.61. The lowest BCUT2D eigenvalue weighted by Crippen LogP contribution is -2.34. The van der Waals surface area contributed by atoms with Gasteiger partial charge in [0.2, 0.25) is 0 Å². The van der Waals surface area contributed by atoms with Gasteiger partial charge in [-0.2, -0.15) is 0 Å². The zero-order chi connectivity index (χ0) is 12.4. The summed E-state index contributed by atoms with van der Waals surface area (Å²) in [5.74, 6) is 0.976. The molecular weight excluding hydrogens is 228 g/mol. The van der Waals surface area contributed by atoms with Crippen molar-refractivity contribution in [3.8, 4) is 5.75 Å². The second-order valence-electron chi connectivity index (χ2n) is 4.94. The molecular formula is C14H20N2O2. The van der Waals surface area contributed by atoms with Crippen LogP contribution in [0, 0.1) is 0 Å². The minimum atomic E-state index is 0.115. The number of hydrogen-bond donors (Lipinski definition) is 2. The summed E-state index contributed by atoms with van der Waals surface area (Å²) in [7, 11) is 1.71. The molecule has 0 aromatic heterocycles. The predicted molar refractivity (Wildman–Crippen MR) is 71.5 cm³/mol. The highest BCUT2D eigenvalue weighted by Crippen LogP contribution is 2.33. The second kappa shape index (κ2) is 5.16. The van der Waals surface area contributed by atoms with Gasteiger partial charge in [0, 0.05) is 7.11 Å². The van der Waals surface area contributed by atoms with Crippen LogP contribution in [0.25, 0.3) is 0 Å². The van der Waals surface area contributed by atoms with Crippen molar-refractivity contribution in [2.24, 2.45) is 0 Å². The van der Waals surface area contributed by atoms with Gasteiger partial charge >= 0.3 is 0 Å². The van der Waals surface area contributed by atoms with Crippen molar-refractivity contribution >= 4 is 5.69 Å². The van der Waals surface area contributed by atoms with Crippen molar-refractivity contribution in [2.45, 2.75) is 18.9 Å². The van der Waals surface area contributed by atoms with E-state index in [-0.39, 0.29) is 6.10 Å². The quantitative estimate of drug-likeness (QED) is 0.825. The van der Waals surface area contributed by atoms with Crippen LogP contribution >= 0.6 is 0 Å². The fourth-order valence-corrected chi connectivity index (χ4v) is 2.66. The molecule has 0 spiro atoms. The number of ether oxygens (including phenoxy) is 2. The van der Waals surface area contributed by atoms with Crippen LogP contribution in [-0.4, -0.2) is 39.5 Å². The molecule has 2 N–H and O–H groups in total. The summed E-state index contributed by atoms with van der Waals surface area (Å²) < 4.78 is 11.1. The molecule has 1 atom stereocenters. The molecule has 0 unspecified atom stereocenters. The average Bonchev–Trinajstić information content (AvgIpc) is 2.61. The van der Waals surface area contributed by atoms with Crippen LogP contribution < -0.4 is 15.4 Å². The Bertz CT molecular complexity index is 434. The lowest BCUT2D eigenvalue weighted by Gasteiger charge is -2.28. The topological polar surface area (TPSA) is 42.5 Å². The van der Waals surface area contributed by atoms with Crippen molar-refractivity contribution in [3.63, 3.8) is 0 Å². The zero-order valence-corrected chi connectivity index (χ0v) is 10.8. The van der Waals surface area contributed by atoms with Gasteiger partial charge in [0.25, 0.3) is 0 Å². The van der Waals surface area contributed by atoms with Crippen LogP contribution in [0.15, 0.2) is 12.1 Å². The summed E-state index contributed by atoms with van der Waals surface area (Å²) in [5, 5.41) is 6.88. The molecule has 0 bridgehead atoms. The first-order valence-electron chi connectivity index (χ1n) is 6.63. The van der Waals surface area contributed by atoms with Gasteiger partial charge in [-0.25, -0.2) is 0 Å². The smallest absolute Gasteiger partial charge is 0.143 e. The maximum Gasteiger partial charge on any atom is 0.143 e. The molecule has 1 aromatic carbocycles. The maximum absolute atomic E-state index is 5.97. The van der Waals surface area contributed by atoms with Crippen LogP contribution in [0.2, 0.25) is 0 Å². The zero-order valence-electron chi connectivity index (χ0n) is 10.8. The van der Waals surface area contributed by atoms with Gasteiger partial charge in [0.15, 0.2) is 0 Å². The summed E-state index contributed by atoms with van der Waals surface area (Å²) in [6.45, 7) is 3.57. The lowest BCUT2D eigenvalue weighted by atomic mass is 10.0. The van der Waals surface area contributed by atoms with E-state index in [0.29, 0.717) is 6.61 Å². The Labute approximate surface area is 108 Å². The molecule has 0 aliphatic carbocycles. The van der Waals surface area contributed by atoms with Crippen molar-refractivity contribution in [1.82, 2.24) is 5.32 Å². The van der Waals surface area contributed by atoms with Gasteiger partial charge in [-0.1, -0.05) is 0 Å². The Morgan fingerprint density at radius 1 is 1.28 bits per heavy atom. The molecule has 2 aliphatic heterocycles. The molecule has 0 radical (unpaired) electrons. The Morgan fingerprint density at radius 2 is 2.06 bits per heavy atom. The summed E-state index contributed by atoms with van der Waals surface area (Å²) >= 11 is 0. The van der Waals surface area contributed by atoms with Gasteiger partial charge in [-0.05, 0) is 49.2 Å². The molecule has 2 aliphatic rings. The fourth-order valence-electron chi connectivity index (χ4n) is 2.66. The van der Waals surface area contributed by atoms with Crippen LogP contribution in [-0.2, 0) is 17.6 Å². The SMILES string of the molecule is COC[C@H]1CNc2cc3c(cc2O1)CCNCC3. The third kappa shape index (κ3) is 2.31. The molecule has 18 heavy (non-hydrogen) atoms. The first kappa shape index (κ1) is 11.8. The number of nitrogens with one attached hydrogen (secondary N) is 2. The highest BCUT2D eigenvalue weighted by Gasteiger charge is 2.21. The van der Waals surface area contributed by atoms with Crippen LogP contribution in [0.1, 0.15) is 11.1 Å². The highest BCUT2D eigenvalue weighted by atomic mass is 16.5. The van der Waals surface area contributed by atoms with Crippen molar-refractivity contribution in [3.05, 3.63) is 23.3 Å². The van der Waals surface area contributed by atoms with E-state index in [1.165, 1.54) is 11.1 Å². The van der Waals surface area contributed by atoms with Gasteiger partial charge in [-0.3, -0.25) is 0 Å². The van der Waals surface area contributed by atoms with Gasteiger partial charge in [-0.15, -0.1) is 0 Å². The molecule has 4 heteroatoms. The first-order chi connectivity index (χ1) is 8.86. The maximum atomic E-state index is 5.97. The molecule has 3 rings (SSSR count). The fraction of sp³-hybridized carbons (Fsp3) is 0.571. The Hall–Kier alpha value is -1.26. The average molecular weight is 248 g/mol. The molecule has 0 saturated carbocycles. The van der Waals surface area contributed by atoms with Gasteiger partial charge in [0.1, 0.15) is 11.9 Å². The molecule has 98 valence electrons. The molecule has 0 fully saturated rings. The number of methoxy groups -OCH3 is 1. The summed E-state index contributed by atoms with van der Waals surface area (Å²) in [6, 6.07) is 4.45. The minimum absolute atomic E-state index is 0.115. The number of benzene rings is 1. The van der Waals surface area contributed by atoms with Crippen LogP contribution in [0.5, 0.6) is 5.75 Å². The molecule has 2 heterocycles. The third-order valence-corrected chi connectivity index (χ3v) is 3.61. The first-order valence-corrected chi connectivity index (χ1v) is 6.63. The van der Waals surface area contributed by atoms with Gasteiger partial charge < -0.3 is 20.1 Å². The molecule has 0 amide bonds. The van der Waals surface area contributed by atoms with Gasteiger partial charge in [0.05, 0.1) is 18.8 Å². The normalized spacial score (nSPS) is 22.2. The summed E-state index contributed by atoms with van der Waals surface area (Å²) in [6.07, 6.45) is 2.30. The Kier molecular flexibility index (Phi) is 3.39. The van der Waals surface area contributed by atoms with E-state index in [1.54, 1.807) is 7.11 Å². The highest BCUT2D eigenvalue weighted by molar-refractivity contribution is 5.62. The second-order valence-corrected chi connectivity index (χ2v) is 4.94. The summed E-state index contributed by atoms with van der Waals surface area (Å²) in [4.78, 5) is 0. The van der Waals surface area contributed by atoms with Crippen molar-refractivity contribution in [2.75, 3.05) is 38.7 Å². The number of hydrogen-bond acceptors (Lipinski definition) is 4. The predicted octanol–water partition coefficient (Wildman–Crippen LogP) is 1.19. The van der Waals surface area contributed by atoms with E-state index in [0.717, 1.165) is 43.9 Å². The van der Waals surface area contributed by atoms with E-state index in [9.17, 15) is 0 Å². The van der Waals surface area contributed by atoms with Crippen LogP contribution in [0.4, 0.5) is 5.69 Å². The van der Waals surface area contributed by atoms with E-state index < -0.39 is 0 Å². The van der Waals surface area contributed by atoms with Crippen molar-refractivity contribution in [1.29, 1.82) is 0 Å². The Balaban J connectivity index is 1.86. The number of rotatable bonds is 2. The monoisotopic (exact) mass is 248 g/mol. The van der Waals surface area contributed by atoms with Crippen LogP contribution in [0.3, 0.4) is 0 Å². The lowest BCUT2D eigenvalue weighted by molar-refractivity contribution is 0.0847. The standard InChI is InChI=1S/C14H20N2O2/c1-17-9-12-8-16-13-6-10-2-4-15-5-3-11(10)7-14(13)18-12/h6-7,12,15-16H,2-5,8-9H2,1H3/t12-/m1/s1. The molecule has 1 aromatic rings. The Morgan fingerprint density at radius 3 is 2.83 bits per heavy atom. The van der Waals surface area contributed by atoms with E-state index in [1.807, 2.05) is 0 Å². The summed E-state index contributed by atoms with van der Waals surface area (Å²) in [5.41, 5.74) is 3.99. The van der Waals surface area contributed by atoms with Crippen molar-refractivity contribution < 1.29 is 9.47 Å². The van der Waals surface area contributed by atoms with E-state index in [2.05, 4.69) is 22.8 Å². The largest absolute Gasteiger partial charge is 0.484 e. The molecule has 4 nitrogen and oxygen atoms in total. The molecule has 0 saturated heterocycles. The minimum Gasteiger partial charge on any atom is -0.484 e. The van der Waals surface area contributed by atoms with E-state index in [4.69, 9.17) is 9.47 Å². The number of anilines is 1.